The van der Waals surface area contributed by atoms with Crippen molar-refractivity contribution in [1.29, 1.82) is 0 Å². The van der Waals surface area contributed by atoms with Gasteiger partial charge < -0.3 is 4.74 Å². The summed E-state index contributed by atoms with van der Waals surface area (Å²) in [5.74, 6) is -0.847. The maximum atomic E-state index is 13.6. The SMILES string of the molecule is Cn1ccc(COc2ccc(S(N)(=O)=O)cc2F)n1. The zero-order chi connectivity index (χ0) is 14.0. The lowest BCUT2D eigenvalue weighted by atomic mass is 10.3. The molecule has 19 heavy (non-hydrogen) atoms. The first-order valence-electron chi connectivity index (χ1n) is 5.30. The number of nitrogens with two attached hydrogens (primary N) is 1. The van der Waals surface area contributed by atoms with Gasteiger partial charge in [0.15, 0.2) is 11.6 Å². The zero-order valence-electron chi connectivity index (χ0n) is 10.1. The summed E-state index contributed by atoms with van der Waals surface area (Å²) in [6.07, 6.45) is 1.74. The number of primary sulfonamides is 1. The van der Waals surface area contributed by atoms with Crippen LogP contribution in [-0.4, -0.2) is 18.2 Å². The number of rotatable bonds is 4. The van der Waals surface area contributed by atoms with E-state index in [1.54, 1.807) is 24.0 Å². The van der Waals surface area contributed by atoms with Crippen molar-refractivity contribution in [3.8, 4) is 5.75 Å². The monoisotopic (exact) mass is 285 g/mol. The quantitative estimate of drug-likeness (QED) is 0.899. The first-order valence-corrected chi connectivity index (χ1v) is 6.84. The molecule has 1 aromatic carbocycles. The summed E-state index contributed by atoms with van der Waals surface area (Å²) in [5, 5.41) is 8.96. The lowest BCUT2D eigenvalue weighted by Gasteiger charge is -2.06. The molecule has 0 aliphatic carbocycles. The molecule has 0 radical (unpaired) electrons. The summed E-state index contributed by atoms with van der Waals surface area (Å²) in [6, 6.07) is 4.96. The van der Waals surface area contributed by atoms with E-state index in [1.807, 2.05) is 0 Å². The fraction of sp³-hybridized carbons (Fsp3) is 0.182. The third-order valence-electron chi connectivity index (χ3n) is 2.38. The molecule has 0 unspecified atom stereocenters. The van der Waals surface area contributed by atoms with Crippen LogP contribution in [0.3, 0.4) is 0 Å². The van der Waals surface area contributed by atoms with Crippen LogP contribution >= 0.6 is 0 Å². The molecule has 2 N–H and O–H groups in total. The summed E-state index contributed by atoms with van der Waals surface area (Å²) in [5.41, 5.74) is 0.637. The number of halogens is 1. The summed E-state index contributed by atoms with van der Waals surface area (Å²) in [7, 11) is -2.16. The van der Waals surface area contributed by atoms with Gasteiger partial charge in [0.05, 0.1) is 10.6 Å². The van der Waals surface area contributed by atoms with E-state index in [4.69, 9.17) is 9.88 Å². The number of nitrogens with zero attached hydrogens (tertiary/aromatic N) is 2. The molecule has 0 bridgehead atoms. The molecule has 2 rings (SSSR count). The number of aromatic nitrogens is 2. The number of hydrogen-bond acceptors (Lipinski definition) is 4. The second-order valence-electron chi connectivity index (χ2n) is 3.91. The van der Waals surface area contributed by atoms with E-state index >= 15 is 0 Å². The molecule has 0 saturated heterocycles. The Hall–Kier alpha value is -1.93. The maximum Gasteiger partial charge on any atom is 0.238 e. The summed E-state index contributed by atoms with van der Waals surface area (Å²) in [6.45, 7) is 0.0898. The van der Waals surface area contributed by atoms with E-state index in [2.05, 4.69) is 5.10 Å². The van der Waals surface area contributed by atoms with Gasteiger partial charge in [0, 0.05) is 13.2 Å². The molecule has 0 fully saturated rings. The fourth-order valence-corrected chi connectivity index (χ4v) is 1.99. The highest BCUT2D eigenvalue weighted by molar-refractivity contribution is 7.89. The van der Waals surface area contributed by atoms with E-state index in [9.17, 15) is 12.8 Å². The van der Waals surface area contributed by atoms with Crippen LogP contribution in [0.15, 0.2) is 35.4 Å². The second kappa shape index (κ2) is 4.98. The number of ether oxygens (including phenoxy) is 1. The highest BCUT2D eigenvalue weighted by atomic mass is 32.2. The van der Waals surface area contributed by atoms with Crippen molar-refractivity contribution in [2.75, 3.05) is 0 Å². The van der Waals surface area contributed by atoms with Crippen LogP contribution in [0.5, 0.6) is 5.75 Å². The van der Waals surface area contributed by atoms with Crippen LogP contribution in [-0.2, 0) is 23.7 Å². The topological polar surface area (TPSA) is 87.2 Å². The van der Waals surface area contributed by atoms with E-state index < -0.39 is 15.8 Å². The van der Waals surface area contributed by atoms with Gasteiger partial charge in [0.25, 0.3) is 0 Å². The molecule has 0 amide bonds. The van der Waals surface area contributed by atoms with Crippen molar-refractivity contribution >= 4 is 10.0 Å². The average molecular weight is 285 g/mol. The number of aryl methyl sites for hydroxylation is 1. The van der Waals surface area contributed by atoms with Gasteiger partial charge in [-0.25, -0.2) is 17.9 Å². The van der Waals surface area contributed by atoms with Crippen LogP contribution in [0.2, 0.25) is 0 Å². The van der Waals surface area contributed by atoms with Crippen LogP contribution < -0.4 is 9.88 Å². The predicted octanol–water partition coefficient (Wildman–Crippen LogP) is 0.786. The largest absolute Gasteiger partial charge is 0.484 e. The smallest absolute Gasteiger partial charge is 0.238 e. The molecule has 102 valence electrons. The number of benzene rings is 1. The van der Waals surface area contributed by atoms with Gasteiger partial charge in [0.1, 0.15) is 6.61 Å². The molecular formula is C11H12FN3O3S. The zero-order valence-corrected chi connectivity index (χ0v) is 10.9. The lowest BCUT2D eigenvalue weighted by molar-refractivity contribution is 0.284. The Labute approximate surface area is 109 Å². The predicted molar refractivity (Wildman–Crippen MR) is 65.3 cm³/mol. The average Bonchev–Trinajstić information content (AvgIpc) is 2.72. The molecule has 0 aliphatic heterocycles. The van der Waals surface area contributed by atoms with E-state index in [-0.39, 0.29) is 17.3 Å². The Bertz CT molecular complexity index is 697. The molecule has 2 aromatic rings. The minimum Gasteiger partial charge on any atom is -0.484 e. The lowest BCUT2D eigenvalue weighted by Crippen LogP contribution is -2.12. The molecule has 8 heteroatoms. The summed E-state index contributed by atoms with van der Waals surface area (Å²) < 4.78 is 42.5. The molecule has 6 nitrogen and oxygen atoms in total. The van der Waals surface area contributed by atoms with Crippen molar-refractivity contribution in [3.63, 3.8) is 0 Å². The van der Waals surface area contributed by atoms with Gasteiger partial charge >= 0.3 is 0 Å². The van der Waals surface area contributed by atoms with Gasteiger partial charge in [-0.05, 0) is 24.3 Å². The Morgan fingerprint density at radius 1 is 1.42 bits per heavy atom. The Balaban J connectivity index is 2.14. The molecule has 0 spiro atoms. The van der Waals surface area contributed by atoms with Crippen LogP contribution in [0.25, 0.3) is 0 Å². The fourth-order valence-electron chi connectivity index (χ4n) is 1.47. The molecule has 0 aliphatic rings. The first-order chi connectivity index (χ1) is 8.86. The highest BCUT2D eigenvalue weighted by Gasteiger charge is 2.12. The van der Waals surface area contributed by atoms with Crippen molar-refractivity contribution in [2.45, 2.75) is 11.5 Å². The standard InChI is InChI=1S/C11H12FN3O3S/c1-15-5-4-8(14-15)7-18-11-3-2-9(6-10(11)12)19(13,16)17/h2-6H,7H2,1H3,(H2,13,16,17). The van der Waals surface area contributed by atoms with Gasteiger partial charge in [-0.2, -0.15) is 5.10 Å². The van der Waals surface area contributed by atoms with E-state index in [0.29, 0.717) is 5.69 Å². The van der Waals surface area contributed by atoms with Gasteiger partial charge in [-0.15, -0.1) is 0 Å². The van der Waals surface area contributed by atoms with Gasteiger partial charge in [-0.1, -0.05) is 0 Å². The summed E-state index contributed by atoms with van der Waals surface area (Å²) in [4.78, 5) is -0.296. The number of hydrogen-bond donors (Lipinski definition) is 1. The first kappa shape index (κ1) is 13.5. The minimum atomic E-state index is -3.92. The third kappa shape index (κ3) is 3.30. The second-order valence-corrected chi connectivity index (χ2v) is 5.47. The number of sulfonamides is 1. The Morgan fingerprint density at radius 3 is 2.68 bits per heavy atom. The van der Waals surface area contributed by atoms with Crippen LogP contribution in [0.1, 0.15) is 5.69 Å². The van der Waals surface area contributed by atoms with Gasteiger partial charge in [-0.3, -0.25) is 4.68 Å². The maximum absolute atomic E-state index is 13.6. The Kier molecular flexibility index (Phi) is 3.54. The molecule has 1 heterocycles. The third-order valence-corrected chi connectivity index (χ3v) is 3.29. The van der Waals surface area contributed by atoms with Gasteiger partial charge in [0.2, 0.25) is 10.0 Å². The van der Waals surface area contributed by atoms with Crippen molar-refractivity contribution in [1.82, 2.24) is 9.78 Å². The van der Waals surface area contributed by atoms with Crippen molar-refractivity contribution in [2.24, 2.45) is 12.2 Å². The molecular weight excluding hydrogens is 273 g/mol. The minimum absolute atomic E-state index is 0.0574. The van der Waals surface area contributed by atoms with E-state index in [1.165, 1.54) is 12.1 Å². The van der Waals surface area contributed by atoms with E-state index in [0.717, 1.165) is 6.07 Å². The van der Waals surface area contributed by atoms with Crippen molar-refractivity contribution < 1.29 is 17.5 Å². The summed E-state index contributed by atoms with van der Waals surface area (Å²) >= 11 is 0. The Morgan fingerprint density at radius 2 is 2.16 bits per heavy atom. The van der Waals surface area contributed by atoms with Crippen LogP contribution in [0, 0.1) is 5.82 Å². The molecule has 1 aromatic heterocycles. The molecule has 0 saturated carbocycles. The normalized spacial score (nSPS) is 11.5. The molecule has 0 atom stereocenters. The van der Waals surface area contributed by atoms with Crippen molar-refractivity contribution in [3.05, 3.63) is 42.0 Å². The highest BCUT2D eigenvalue weighted by Crippen LogP contribution is 2.21. The van der Waals surface area contributed by atoms with Crippen LogP contribution in [0.4, 0.5) is 4.39 Å².